The molecule has 176 valence electrons. The third kappa shape index (κ3) is 6.49. The number of hydrogen-bond donors (Lipinski definition) is 1. The molecule has 1 aliphatic heterocycles. The van der Waals surface area contributed by atoms with Gasteiger partial charge in [-0.25, -0.2) is 4.98 Å². The molecule has 1 amide bonds. The number of thioether (sulfide) groups is 1. The van der Waals surface area contributed by atoms with Crippen LogP contribution in [0.5, 0.6) is 5.75 Å². The van der Waals surface area contributed by atoms with Crippen molar-refractivity contribution < 1.29 is 18.3 Å². The second-order valence-electron chi connectivity index (χ2n) is 7.57. The fraction of sp³-hybridized carbons (Fsp3) is 0.429. The van der Waals surface area contributed by atoms with Gasteiger partial charge < -0.3 is 10.1 Å². The summed E-state index contributed by atoms with van der Waals surface area (Å²) < 4.78 is 31.4. The van der Waals surface area contributed by atoms with Gasteiger partial charge in [0.1, 0.15) is 5.75 Å². The van der Waals surface area contributed by atoms with E-state index in [0.29, 0.717) is 22.5 Å². The maximum atomic E-state index is 12.5. The zero-order valence-corrected chi connectivity index (χ0v) is 19.7. The maximum absolute atomic E-state index is 12.5. The number of aromatic nitrogens is 4. The van der Waals surface area contributed by atoms with E-state index in [1.807, 2.05) is 16.9 Å². The number of aryl methyl sites for hydroxylation is 1. The highest BCUT2D eigenvalue weighted by Crippen LogP contribution is 2.26. The van der Waals surface area contributed by atoms with E-state index in [9.17, 15) is 13.6 Å². The van der Waals surface area contributed by atoms with Gasteiger partial charge in [0.15, 0.2) is 16.1 Å². The molecule has 0 radical (unpaired) electrons. The van der Waals surface area contributed by atoms with Crippen LogP contribution in [-0.2, 0) is 11.3 Å². The molecule has 12 heteroatoms. The van der Waals surface area contributed by atoms with Crippen LogP contribution in [0.15, 0.2) is 34.8 Å². The number of alkyl halides is 2. The Morgan fingerprint density at radius 1 is 1.21 bits per heavy atom. The lowest BCUT2D eigenvalue weighted by atomic mass is 10.1. The molecule has 33 heavy (non-hydrogen) atoms. The molecule has 8 nitrogen and oxygen atoms in total. The number of likely N-dealkylation sites (tertiary alicyclic amines) is 1. The van der Waals surface area contributed by atoms with Gasteiger partial charge in [-0.15, -0.1) is 21.5 Å². The number of anilines is 1. The van der Waals surface area contributed by atoms with Gasteiger partial charge in [-0.1, -0.05) is 18.2 Å². The Hall–Kier alpha value is -2.57. The van der Waals surface area contributed by atoms with Gasteiger partial charge in [0, 0.05) is 11.1 Å². The Morgan fingerprint density at radius 2 is 1.97 bits per heavy atom. The predicted octanol–water partition coefficient (Wildman–Crippen LogP) is 4.35. The molecule has 4 rings (SSSR count). The monoisotopic (exact) mass is 494 g/mol. The minimum Gasteiger partial charge on any atom is -0.435 e. The Kier molecular flexibility index (Phi) is 7.89. The second kappa shape index (κ2) is 11.0. The topological polar surface area (TPSA) is 85.2 Å². The van der Waals surface area contributed by atoms with E-state index in [4.69, 9.17) is 0 Å². The quantitative estimate of drug-likeness (QED) is 0.443. The van der Waals surface area contributed by atoms with E-state index >= 15 is 0 Å². The van der Waals surface area contributed by atoms with Gasteiger partial charge in [-0.2, -0.15) is 8.78 Å². The van der Waals surface area contributed by atoms with Crippen LogP contribution in [0.2, 0.25) is 0 Å². The SMILES string of the molecule is Cc1csc(NC(=O)CSc2nnc(CN3CCCCC3)n2-c2ccc(OC(F)F)cc2)n1. The third-order valence-corrected chi connectivity index (χ3v) is 6.84. The first-order valence-corrected chi connectivity index (χ1v) is 12.4. The van der Waals surface area contributed by atoms with Gasteiger partial charge in [0.25, 0.3) is 0 Å². The molecule has 1 fully saturated rings. The lowest BCUT2D eigenvalue weighted by Gasteiger charge is -2.26. The Labute approximate surface area is 198 Å². The normalized spacial score (nSPS) is 14.5. The van der Waals surface area contributed by atoms with Crippen LogP contribution in [0.1, 0.15) is 30.8 Å². The number of carbonyl (C=O) groups is 1. The number of ether oxygens (including phenoxy) is 1. The van der Waals surface area contributed by atoms with Crippen molar-refractivity contribution in [1.29, 1.82) is 0 Å². The number of carbonyl (C=O) groups excluding carboxylic acids is 1. The average molecular weight is 495 g/mol. The van der Waals surface area contributed by atoms with Gasteiger partial charge in [0.05, 0.1) is 18.0 Å². The number of amides is 1. The number of rotatable bonds is 9. The maximum Gasteiger partial charge on any atom is 0.387 e. The summed E-state index contributed by atoms with van der Waals surface area (Å²) in [5.74, 6) is 0.749. The molecule has 0 spiro atoms. The number of nitrogens with zero attached hydrogens (tertiary/aromatic N) is 5. The van der Waals surface area contributed by atoms with Gasteiger partial charge in [-0.3, -0.25) is 14.3 Å². The average Bonchev–Trinajstić information content (AvgIpc) is 3.39. The predicted molar refractivity (Wildman–Crippen MR) is 123 cm³/mol. The van der Waals surface area contributed by atoms with Crippen molar-refractivity contribution in [3.05, 3.63) is 41.2 Å². The number of benzene rings is 1. The van der Waals surface area contributed by atoms with Crippen molar-refractivity contribution in [2.45, 2.75) is 44.5 Å². The van der Waals surface area contributed by atoms with Crippen LogP contribution in [-0.4, -0.2) is 56.0 Å². The highest BCUT2D eigenvalue weighted by Gasteiger charge is 2.20. The molecular weight excluding hydrogens is 470 g/mol. The summed E-state index contributed by atoms with van der Waals surface area (Å²) in [5, 5.41) is 14.5. The molecule has 1 aliphatic rings. The standard InChI is InChI=1S/C21H24F2N6O2S2/c1-14-12-32-20(24-14)25-18(30)13-33-21-27-26-17(11-28-9-3-2-4-10-28)29(21)15-5-7-16(8-6-15)31-19(22)23/h5-8,12,19H,2-4,9-11,13H2,1H3,(H,24,25,30). The smallest absolute Gasteiger partial charge is 0.387 e. The molecule has 0 bridgehead atoms. The van der Waals surface area contributed by atoms with E-state index in [1.54, 1.807) is 12.1 Å². The van der Waals surface area contributed by atoms with Crippen LogP contribution < -0.4 is 10.1 Å². The number of thiazole rings is 1. The Bertz CT molecular complexity index is 1070. The van der Waals surface area contributed by atoms with E-state index < -0.39 is 6.61 Å². The molecule has 1 N–H and O–H groups in total. The fourth-order valence-corrected chi connectivity index (χ4v) is 5.02. The summed E-state index contributed by atoms with van der Waals surface area (Å²) >= 11 is 2.63. The van der Waals surface area contributed by atoms with Crippen LogP contribution in [0.3, 0.4) is 0 Å². The molecule has 0 unspecified atom stereocenters. The minimum absolute atomic E-state index is 0.0757. The Morgan fingerprint density at radius 3 is 2.64 bits per heavy atom. The Balaban J connectivity index is 1.52. The summed E-state index contributed by atoms with van der Waals surface area (Å²) in [7, 11) is 0. The van der Waals surface area contributed by atoms with Crippen molar-refractivity contribution in [2.75, 3.05) is 24.2 Å². The molecule has 1 aromatic carbocycles. The molecule has 1 saturated heterocycles. The summed E-state index contributed by atoms with van der Waals surface area (Å²) in [5.41, 5.74) is 1.57. The van der Waals surface area contributed by atoms with Gasteiger partial charge >= 0.3 is 6.61 Å². The summed E-state index contributed by atoms with van der Waals surface area (Å²) in [6.45, 7) is 1.59. The highest BCUT2D eigenvalue weighted by atomic mass is 32.2. The van der Waals surface area contributed by atoms with Crippen molar-refractivity contribution >= 4 is 34.1 Å². The molecule has 0 atom stereocenters. The first kappa shape index (κ1) is 23.6. The summed E-state index contributed by atoms with van der Waals surface area (Å²) in [6, 6.07) is 6.34. The summed E-state index contributed by atoms with van der Waals surface area (Å²) in [6.07, 6.45) is 3.52. The van der Waals surface area contributed by atoms with Gasteiger partial charge in [0.2, 0.25) is 5.91 Å². The lowest BCUT2D eigenvalue weighted by molar-refractivity contribution is -0.113. The van der Waals surface area contributed by atoms with E-state index in [2.05, 4.69) is 30.1 Å². The molecule has 3 aromatic rings. The zero-order chi connectivity index (χ0) is 23.2. The lowest BCUT2D eigenvalue weighted by Crippen LogP contribution is -2.30. The van der Waals surface area contributed by atoms with Crippen LogP contribution in [0, 0.1) is 6.92 Å². The highest BCUT2D eigenvalue weighted by molar-refractivity contribution is 7.99. The first-order valence-electron chi connectivity index (χ1n) is 10.5. The number of nitrogens with one attached hydrogen (secondary N) is 1. The van der Waals surface area contributed by atoms with Crippen LogP contribution >= 0.6 is 23.1 Å². The molecular formula is C21H24F2N6O2S2. The third-order valence-electron chi connectivity index (χ3n) is 5.03. The molecule has 0 aliphatic carbocycles. The minimum atomic E-state index is -2.88. The number of halogens is 2. The zero-order valence-electron chi connectivity index (χ0n) is 18.0. The van der Waals surface area contributed by atoms with Crippen LogP contribution in [0.25, 0.3) is 5.69 Å². The first-order chi connectivity index (χ1) is 16.0. The van der Waals surface area contributed by atoms with E-state index in [-0.39, 0.29) is 17.4 Å². The van der Waals surface area contributed by atoms with Crippen molar-refractivity contribution in [1.82, 2.24) is 24.6 Å². The molecule has 0 saturated carbocycles. The largest absolute Gasteiger partial charge is 0.435 e. The number of piperidine rings is 1. The van der Waals surface area contributed by atoms with Crippen molar-refractivity contribution in [2.24, 2.45) is 0 Å². The fourth-order valence-electron chi connectivity index (χ4n) is 3.55. The van der Waals surface area contributed by atoms with Crippen molar-refractivity contribution in [3.63, 3.8) is 0 Å². The molecule has 2 aromatic heterocycles. The summed E-state index contributed by atoms with van der Waals surface area (Å²) in [4.78, 5) is 19.0. The molecule has 3 heterocycles. The van der Waals surface area contributed by atoms with Gasteiger partial charge in [-0.05, 0) is 57.1 Å². The number of hydrogen-bond acceptors (Lipinski definition) is 8. The second-order valence-corrected chi connectivity index (χ2v) is 9.37. The van der Waals surface area contributed by atoms with Crippen LogP contribution in [0.4, 0.5) is 13.9 Å². The van der Waals surface area contributed by atoms with E-state index in [1.165, 1.54) is 41.7 Å². The van der Waals surface area contributed by atoms with Crippen molar-refractivity contribution in [3.8, 4) is 11.4 Å². The van der Waals surface area contributed by atoms with E-state index in [0.717, 1.165) is 37.4 Å².